The number of amides is 2. The van der Waals surface area contributed by atoms with Crippen molar-refractivity contribution in [3.8, 4) is 0 Å². The number of benzene rings is 1. The average molecular weight is 360 g/mol. The molecule has 0 aliphatic carbocycles. The fourth-order valence-corrected chi connectivity index (χ4v) is 3.12. The molecule has 9 heteroatoms. The van der Waals surface area contributed by atoms with Crippen LogP contribution in [0.1, 0.15) is 22.6 Å². The molecule has 8 nitrogen and oxygen atoms in total. The third kappa shape index (κ3) is 4.00. The summed E-state index contributed by atoms with van der Waals surface area (Å²) in [6.07, 6.45) is 0.154. The van der Waals surface area contributed by atoms with Crippen LogP contribution >= 0.6 is 11.5 Å². The Morgan fingerprint density at radius 3 is 2.84 bits per heavy atom. The number of anilines is 1. The first-order valence-corrected chi connectivity index (χ1v) is 8.38. The average Bonchev–Trinajstić information content (AvgIpc) is 3.22. The smallest absolute Gasteiger partial charge is 0.377 e. The van der Waals surface area contributed by atoms with Crippen molar-refractivity contribution >= 4 is 34.4 Å². The topological polar surface area (TPSA) is 101 Å². The summed E-state index contributed by atoms with van der Waals surface area (Å²) < 4.78 is 8.33. The highest BCUT2D eigenvalue weighted by Gasteiger charge is 2.34. The number of hydrogen-bond donors (Lipinski definition) is 1. The quantitative estimate of drug-likeness (QED) is 0.807. The van der Waals surface area contributed by atoms with Crippen molar-refractivity contribution < 1.29 is 19.1 Å². The number of nitrogens with one attached hydrogen (secondary N) is 1. The highest BCUT2D eigenvalue weighted by atomic mass is 32.1. The number of aromatic nitrogens is 2. The van der Waals surface area contributed by atoms with Crippen molar-refractivity contribution in [1.29, 1.82) is 0 Å². The molecule has 1 unspecified atom stereocenters. The molecule has 2 amide bonds. The second kappa shape index (κ2) is 7.39. The van der Waals surface area contributed by atoms with E-state index in [2.05, 4.69) is 19.4 Å². The van der Waals surface area contributed by atoms with E-state index in [0.717, 1.165) is 17.1 Å². The van der Waals surface area contributed by atoms with Gasteiger partial charge in [-0.1, -0.05) is 30.3 Å². The molecule has 0 spiro atoms. The maximum absolute atomic E-state index is 12.3. The van der Waals surface area contributed by atoms with Gasteiger partial charge in [0.2, 0.25) is 16.9 Å². The van der Waals surface area contributed by atoms with E-state index in [9.17, 15) is 14.4 Å². The molecule has 130 valence electrons. The summed E-state index contributed by atoms with van der Waals surface area (Å²) >= 11 is 0.892. The number of hydrogen-bond acceptors (Lipinski definition) is 7. The maximum atomic E-state index is 12.3. The molecule has 25 heavy (non-hydrogen) atoms. The van der Waals surface area contributed by atoms with Gasteiger partial charge in [-0.2, -0.15) is 9.36 Å². The molecule has 1 fully saturated rings. The Kier molecular flexibility index (Phi) is 5.03. The van der Waals surface area contributed by atoms with Crippen LogP contribution in [0.2, 0.25) is 0 Å². The van der Waals surface area contributed by atoms with E-state index < -0.39 is 11.9 Å². The summed E-state index contributed by atoms with van der Waals surface area (Å²) in [7, 11) is 1.23. The predicted molar refractivity (Wildman–Crippen MR) is 89.8 cm³/mol. The molecule has 3 rings (SSSR count). The van der Waals surface area contributed by atoms with Crippen LogP contribution in [0.25, 0.3) is 0 Å². The van der Waals surface area contributed by atoms with Crippen LogP contribution in [-0.4, -0.2) is 45.7 Å². The van der Waals surface area contributed by atoms with Crippen LogP contribution in [0, 0.1) is 5.92 Å². The maximum Gasteiger partial charge on any atom is 0.377 e. The third-order valence-electron chi connectivity index (χ3n) is 3.83. The second-order valence-corrected chi connectivity index (χ2v) is 6.32. The van der Waals surface area contributed by atoms with Crippen molar-refractivity contribution in [1.82, 2.24) is 14.3 Å². The van der Waals surface area contributed by atoms with E-state index in [0.29, 0.717) is 13.1 Å². The summed E-state index contributed by atoms with van der Waals surface area (Å²) in [4.78, 5) is 41.4. The number of rotatable bonds is 5. The minimum atomic E-state index is -0.665. The number of carbonyl (C=O) groups excluding carboxylic acids is 3. The predicted octanol–water partition coefficient (Wildman–Crippen LogP) is 1.31. The molecule has 2 heterocycles. The Morgan fingerprint density at radius 1 is 1.36 bits per heavy atom. The van der Waals surface area contributed by atoms with Gasteiger partial charge >= 0.3 is 5.97 Å². The van der Waals surface area contributed by atoms with Crippen molar-refractivity contribution in [3.05, 3.63) is 41.7 Å². The van der Waals surface area contributed by atoms with E-state index in [1.807, 2.05) is 30.3 Å². The fourth-order valence-electron chi connectivity index (χ4n) is 2.56. The SMILES string of the molecule is COC(=O)c1nsc(NC(=O)C2CC(=O)N(Cc3ccccc3)C2)n1. The zero-order valence-corrected chi connectivity index (χ0v) is 14.3. The minimum absolute atomic E-state index is 0.0588. The van der Waals surface area contributed by atoms with E-state index in [1.54, 1.807) is 4.90 Å². The van der Waals surface area contributed by atoms with Gasteiger partial charge in [-0.25, -0.2) is 4.79 Å². The van der Waals surface area contributed by atoms with Crippen LogP contribution in [0.15, 0.2) is 30.3 Å². The van der Waals surface area contributed by atoms with Gasteiger partial charge in [0.15, 0.2) is 0 Å². The van der Waals surface area contributed by atoms with Gasteiger partial charge in [0.05, 0.1) is 13.0 Å². The number of ether oxygens (including phenoxy) is 1. The summed E-state index contributed by atoms with van der Waals surface area (Å²) in [5.41, 5.74) is 1.02. The summed E-state index contributed by atoms with van der Waals surface area (Å²) in [6, 6.07) is 9.62. The number of esters is 1. The van der Waals surface area contributed by atoms with Gasteiger partial charge in [0.1, 0.15) is 0 Å². The van der Waals surface area contributed by atoms with Gasteiger partial charge in [0.25, 0.3) is 5.82 Å². The van der Waals surface area contributed by atoms with Gasteiger partial charge < -0.3 is 15.0 Å². The lowest BCUT2D eigenvalue weighted by atomic mass is 10.1. The van der Waals surface area contributed by atoms with Gasteiger partial charge in [-0.05, 0) is 5.56 Å². The largest absolute Gasteiger partial charge is 0.463 e. The Balaban J connectivity index is 1.59. The normalized spacial score (nSPS) is 16.8. The van der Waals surface area contributed by atoms with E-state index >= 15 is 0 Å². The van der Waals surface area contributed by atoms with Crippen LogP contribution in [0.5, 0.6) is 0 Å². The zero-order valence-electron chi connectivity index (χ0n) is 13.5. The molecular formula is C16H16N4O4S. The summed E-state index contributed by atoms with van der Waals surface area (Å²) in [5.74, 6) is -1.59. The number of methoxy groups -OCH3 is 1. The lowest BCUT2D eigenvalue weighted by Crippen LogP contribution is -2.28. The van der Waals surface area contributed by atoms with E-state index in [1.165, 1.54) is 7.11 Å². The number of carbonyl (C=O) groups is 3. The monoisotopic (exact) mass is 360 g/mol. The molecule has 1 N–H and O–H groups in total. The highest BCUT2D eigenvalue weighted by Crippen LogP contribution is 2.22. The Hall–Kier alpha value is -2.81. The molecule has 1 aliphatic heterocycles. The van der Waals surface area contributed by atoms with Crippen molar-refractivity contribution in [2.24, 2.45) is 5.92 Å². The molecular weight excluding hydrogens is 344 g/mol. The van der Waals surface area contributed by atoms with Gasteiger partial charge in [-0.15, -0.1) is 0 Å². The van der Waals surface area contributed by atoms with E-state index in [-0.39, 0.29) is 29.2 Å². The van der Waals surface area contributed by atoms with Crippen LogP contribution in [0.4, 0.5) is 5.13 Å². The lowest BCUT2D eigenvalue weighted by molar-refractivity contribution is -0.128. The first kappa shape index (κ1) is 17.0. The van der Waals surface area contributed by atoms with Gasteiger partial charge in [0, 0.05) is 31.0 Å². The minimum Gasteiger partial charge on any atom is -0.463 e. The first-order chi connectivity index (χ1) is 12.1. The van der Waals surface area contributed by atoms with Gasteiger partial charge in [-0.3, -0.25) is 9.59 Å². The zero-order chi connectivity index (χ0) is 17.8. The van der Waals surface area contributed by atoms with Crippen LogP contribution < -0.4 is 5.32 Å². The second-order valence-electron chi connectivity index (χ2n) is 5.56. The summed E-state index contributed by atoms with van der Waals surface area (Å²) in [5, 5.41) is 2.82. The van der Waals surface area contributed by atoms with E-state index in [4.69, 9.17) is 0 Å². The molecule has 1 atom stereocenters. The molecule has 0 saturated carbocycles. The Bertz CT molecular complexity index is 792. The van der Waals surface area contributed by atoms with Crippen molar-refractivity contribution in [2.75, 3.05) is 19.0 Å². The first-order valence-electron chi connectivity index (χ1n) is 7.61. The summed E-state index contributed by atoms with van der Waals surface area (Å²) in [6.45, 7) is 0.830. The Morgan fingerprint density at radius 2 is 2.12 bits per heavy atom. The fraction of sp³-hybridized carbons (Fsp3) is 0.312. The number of nitrogens with zero attached hydrogens (tertiary/aromatic N) is 3. The standard InChI is InChI=1S/C16H16N4O4S/c1-24-15(23)13-17-16(25-19-13)18-14(22)11-7-12(21)20(9-11)8-10-5-3-2-4-6-10/h2-6,11H,7-9H2,1H3,(H,17,18,19,22). The van der Waals surface area contributed by atoms with Crippen LogP contribution in [-0.2, 0) is 20.9 Å². The van der Waals surface area contributed by atoms with Crippen molar-refractivity contribution in [2.45, 2.75) is 13.0 Å². The third-order valence-corrected chi connectivity index (χ3v) is 4.46. The number of likely N-dealkylation sites (tertiary alicyclic amines) is 1. The molecule has 1 aromatic heterocycles. The highest BCUT2D eigenvalue weighted by molar-refractivity contribution is 7.10. The van der Waals surface area contributed by atoms with Crippen molar-refractivity contribution in [3.63, 3.8) is 0 Å². The molecule has 1 aliphatic rings. The lowest BCUT2D eigenvalue weighted by Gasteiger charge is -2.16. The van der Waals surface area contributed by atoms with Crippen LogP contribution in [0.3, 0.4) is 0 Å². The molecule has 1 aromatic carbocycles. The molecule has 1 saturated heterocycles. The Labute approximate surface area is 148 Å². The molecule has 0 bridgehead atoms. The molecule has 2 aromatic rings. The molecule has 0 radical (unpaired) electrons.